The normalized spacial score (nSPS) is 11.2. The predicted octanol–water partition coefficient (Wildman–Crippen LogP) is 2.19. The lowest BCUT2D eigenvalue weighted by Gasteiger charge is -2.03. The fourth-order valence-electron chi connectivity index (χ4n) is 2.07. The van der Waals surface area contributed by atoms with E-state index < -0.39 is 0 Å². The molecule has 5 heteroatoms. The van der Waals surface area contributed by atoms with Crippen LogP contribution in [0.2, 0.25) is 0 Å². The lowest BCUT2D eigenvalue weighted by atomic mass is 10.1. The smallest absolute Gasteiger partial charge is 0.227 e. The lowest BCUT2D eigenvalue weighted by Crippen LogP contribution is -2.16. The van der Waals surface area contributed by atoms with Crippen LogP contribution in [0.25, 0.3) is 10.9 Å². The second kappa shape index (κ2) is 5.24. The highest BCUT2D eigenvalue weighted by atomic mass is 16.5. The number of hydrogen-bond donors (Lipinski definition) is 2. The molecule has 0 saturated carbocycles. The Bertz CT molecular complexity index is 671. The molecule has 19 heavy (non-hydrogen) atoms. The molecule has 0 aliphatic heterocycles. The number of rotatable bonds is 5. The summed E-state index contributed by atoms with van der Waals surface area (Å²) in [5, 5.41) is 8.38. The van der Waals surface area contributed by atoms with Crippen LogP contribution in [0, 0.1) is 6.92 Å². The molecule has 2 N–H and O–H groups in total. The number of H-pyrrole nitrogens is 1. The summed E-state index contributed by atoms with van der Waals surface area (Å²) >= 11 is 0. The average molecular weight is 256 g/mol. The van der Waals surface area contributed by atoms with E-state index in [0.717, 1.165) is 19.5 Å². The van der Waals surface area contributed by atoms with Crippen molar-refractivity contribution in [2.24, 2.45) is 0 Å². The Morgan fingerprint density at radius 3 is 3.11 bits per heavy atom. The Morgan fingerprint density at radius 2 is 2.26 bits per heavy atom. The summed E-state index contributed by atoms with van der Waals surface area (Å²) in [6, 6.07) is 8.51. The Kier molecular flexibility index (Phi) is 3.29. The van der Waals surface area contributed by atoms with E-state index in [0.29, 0.717) is 11.7 Å². The first kappa shape index (κ1) is 11.9. The molecule has 0 bridgehead atoms. The maximum atomic E-state index is 5.06. The summed E-state index contributed by atoms with van der Waals surface area (Å²) in [6.07, 6.45) is 2.71. The molecule has 2 heterocycles. The highest BCUT2D eigenvalue weighted by Crippen LogP contribution is 2.13. The maximum Gasteiger partial charge on any atom is 0.227 e. The van der Waals surface area contributed by atoms with Crippen LogP contribution in [0.4, 0.5) is 0 Å². The van der Waals surface area contributed by atoms with E-state index >= 15 is 0 Å². The van der Waals surface area contributed by atoms with Gasteiger partial charge in [0.05, 0.1) is 0 Å². The van der Waals surface area contributed by atoms with E-state index in [2.05, 4.69) is 44.7 Å². The van der Waals surface area contributed by atoms with Crippen molar-refractivity contribution in [3.63, 3.8) is 0 Å². The molecule has 0 spiro atoms. The van der Waals surface area contributed by atoms with E-state index in [1.807, 2.05) is 13.1 Å². The van der Waals surface area contributed by atoms with Gasteiger partial charge in [-0.15, -0.1) is 0 Å². The zero-order chi connectivity index (χ0) is 13.1. The second-order valence-corrected chi connectivity index (χ2v) is 4.56. The van der Waals surface area contributed by atoms with Crippen molar-refractivity contribution in [2.75, 3.05) is 6.54 Å². The molecule has 0 fully saturated rings. The first-order chi connectivity index (χ1) is 9.31. The lowest BCUT2D eigenvalue weighted by molar-refractivity contribution is 0.372. The van der Waals surface area contributed by atoms with Gasteiger partial charge >= 0.3 is 0 Å². The van der Waals surface area contributed by atoms with Crippen molar-refractivity contribution in [1.29, 1.82) is 0 Å². The van der Waals surface area contributed by atoms with Crippen LogP contribution in [-0.4, -0.2) is 21.7 Å². The maximum absolute atomic E-state index is 5.06. The molecule has 98 valence electrons. The van der Waals surface area contributed by atoms with E-state index in [9.17, 15) is 0 Å². The first-order valence-electron chi connectivity index (χ1n) is 6.37. The van der Waals surface area contributed by atoms with Gasteiger partial charge in [0.2, 0.25) is 5.89 Å². The van der Waals surface area contributed by atoms with Crippen LogP contribution in [0.1, 0.15) is 17.3 Å². The second-order valence-electron chi connectivity index (χ2n) is 4.56. The number of nitrogens with one attached hydrogen (secondary N) is 2. The Morgan fingerprint density at radius 1 is 1.32 bits per heavy atom. The average Bonchev–Trinajstić information content (AvgIpc) is 3.03. The monoisotopic (exact) mass is 256 g/mol. The molecule has 0 unspecified atom stereocenters. The van der Waals surface area contributed by atoms with Gasteiger partial charge in [-0.25, -0.2) is 0 Å². The molecular weight excluding hydrogens is 240 g/mol. The van der Waals surface area contributed by atoms with E-state index in [1.54, 1.807) is 0 Å². The number of benzene rings is 1. The zero-order valence-corrected chi connectivity index (χ0v) is 10.8. The number of fused-ring (bicyclic) bond motifs is 1. The van der Waals surface area contributed by atoms with Crippen LogP contribution in [-0.2, 0) is 13.0 Å². The molecule has 3 rings (SSSR count). The minimum atomic E-state index is 0.685. The standard InChI is InChI=1S/C14H16N4O/c1-10-17-14(19-18-10)5-6-15-9-11-2-3-12-4-7-16-13(12)8-11/h2-4,7-8,15-16H,5-6,9H2,1H3. The van der Waals surface area contributed by atoms with Crippen molar-refractivity contribution in [3.8, 4) is 0 Å². The van der Waals surface area contributed by atoms with Gasteiger partial charge < -0.3 is 14.8 Å². The number of aryl methyl sites for hydroxylation is 1. The van der Waals surface area contributed by atoms with E-state index in [1.165, 1.54) is 16.5 Å². The molecule has 0 amide bonds. The molecule has 3 aromatic rings. The van der Waals surface area contributed by atoms with Gasteiger partial charge in [0.1, 0.15) is 0 Å². The van der Waals surface area contributed by atoms with Gasteiger partial charge in [-0.1, -0.05) is 17.3 Å². The van der Waals surface area contributed by atoms with Crippen molar-refractivity contribution in [1.82, 2.24) is 20.4 Å². The minimum absolute atomic E-state index is 0.685. The van der Waals surface area contributed by atoms with Crippen molar-refractivity contribution in [2.45, 2.75) is 19.9 Å². The van der Waals surface area contributed by atoms with Gasteiger partial charge in [-0.3, -0.25) is 0 Å². The highest BCUT2D eigenvalue weighted by molar-refractivity contribution is 5.79. The Hall–Kier alpha value is -2.14. The third kappa shape index (κ3) is 2.82. The van der Waals surface area contributed by atoms with Gasteiger partial charge in [-0.05, 0) is 30.0 Å². The summed E-state index contributed by atoms with van der Waals surface area (Å²) < 4.78 is 5.06. The predicted molar refractivity (Wildman–Crippen MR) is 72.7 cm³/mol. The van der Waals surface area contributed by atoms with Crippen molar-refractivity contribution >= 4 is 10.9 Å². The Labute approximate surface area is 111 Å². The quantitative estimate of drug-likeness (QED) is 0.687. The summed E-state index contributed by atoms with van der Waals surface area (Å²) in [5.41, 5.74) is 2.43. The molecule has 5 nitrogen and oxygen atoms in total. The minimum Gasteiger partial charge on any atom is -0.361 e. The fraction of sp³-hybridized carbons (Fsp3) is 0.286. The molecule has 2 aromatic heterocycles. The van der Waals surface area contributed by atoms with Gasteiger partial charge in [0.15, 0.2) is 5.82 Å². The molecule has 0 saturated heterocycles. The summed E-state index contributed by atoms with van der Waals surface area (Å²) in [4.78, 5) is 7.38. The molecule has 0 atom stereocenters. The third-order valence-corrected chi connectivity index (χ3v) is 3.03. The van der Waals surface area contributed by atoms with Crippen LogP contribution >= 0.6 is 0 Å². The van der Waals surface area contributed by atoms with E-state index in [4.69, 9.17) is 4.52 Å². The molecule has 0 aliphatic rings. The number of hydrogen-bond acceptors (Lipinski definition) is 4. The van der Waals surface area contributed by atoms with E-state index in [-0.39, 0.29) is 0 Å². The largest absolute Gasteiger partial charge is 0.361 e. The van der Waals surface area contributed by atoms with Crippen LogP contribution in [0.3, 0.4) is 0 Å². The number of nitrogens with zero attached hydrogens (tertiary/aromatic N) is 2. The SMILES string of the molecule is Cc1noc(CCNCc2ccc3cc[nH]c3c2)n1. The molecule has 0 aliphatic carbocycles. The Balaban J connectivity index is 1.51. The van der Waals surface area contributed by atoms with Crippen LogP contribution in [0.5, 0.6) is 0 Å². The topological polar surface area (TPSA) is 66.7 Å². The number of aromatic amines is 1. The van der Waals surface area contributed by atoms with Gasteiger partial charge in [0.25, 0.3) is 0 Å². The van der Waals surface area contributed by atoms with Crippen LogP contribution in [0.15, 0.2) is 35.0 Å². The van der Waals surface area contributed by atoms with Gasteiger partial charge in [-0.2, -0.15) is 4.98 Å². The van der Waals surface area contributed by atoms with Gasteiger partial charge in [0, 0.05) is 31.2 Å². The number of aromatic nitrogens is 3. The van der Waals surface area contributed by atoms with Crippen molar-refractivity contribution in [3.05, 3.63) is 47.7 Å². The highest BCUT2D eigenvalue weighted by Gasteiger charge is 2.02. The van der Waals surface area contributed by atoms with Crippen LogP contribution < -0.4 is 5.32 Å². The molecular formula is C14H16N4O. The van der Waals surface area contributed by atoms with Crippen molar-refractivity contribution < 1.29 is 4.52 Å². The zero-order valence-electron chi connectivity index (χ0n) is 10.8. The molecule has 0 radical (unpaired) electrons. The fourth-order valence-corrected chi connectivity index (χ4v) is 2.07. The third-order valence-electron chi connectivity index (χ3n) is 3.03. The summed E-state index contributed by atoms with van der Waals surface area (Å²) in [5.74, 6) is 1.37. The first-order valence-corrected chi connectivity index (χ1v) is 6.37. The summed E-state index contributed by atoms with van der Waals surface area (Å²) in [7, 11) is 0. The summed E-state index contributed by atoms with van der Waals surface area (Å²) in [6.45, 7) is 3.48. The molecule has 1 aromatic carbocycles.